The SMILES string of the molecule is CC(C)(Oc1ccc(Cl)cc1)C(=O)NCCn1nc(-c2cccnc2)n(C2CC2)c1=O. The summed E-state index contributed by atoms with van der Waals surface area (Å²) in [4.78, 5) is 29.6. The average molecular weight is 442 g/mol. The molecule has 9 heteroatoms. The third-order valence-electron chi connectivity index (χ3n) is 5.04. The van der Waals surface area contributed by atoms with Gasteiger partial charge in [0.15, 0.2) is 11.4 Å². The van der Waals surface area contributed by atoms with Crippen LogP contribution in [0.3, 0.4) is 0 Å². The summed E-state index contributed by atoms with van der Waals surface area (Å²) in [5, 5.41) is 7.93. The quantitative estimate of drug-likeness (QED) is 0.580. The van der Waals surface area contributed by atoms with Gasteiger partial charge in [0.05, 0.1) is 6.54 Å². The van der Waals surface area contributed by atoms with E-state index in [4.69, 9.17) is 16.3 Å². The van der Waals surface area contributed by atoms with Crippen LogP contribution in [0.15, 0.2) is 53.6 Å². The highest BCUT2D eigenvalue weighted by atomic mass is 35.5. The first-order valence-electron chi connectivity index (χ1n) is 10.2. The second kappa shape index (κ2) is 8.55. The topological polar surface area (TPSA) is 91.0 Å². The van der Waals surface area contributed by atoms with Crippen LogP contribution in [-0.2, 0) is 11.3 Å². The second-order valence-electron chi connectivity index (χ2n) is 7.99. The Hall–Kier alpha value is -3.13. The molecule has 162 valence electrons. The number of aromatic nitrogens is 4. The Bertz CT molecular complexity index is 1120. The van der Waals surface area contributed by atoms with Gasteiger partial charge in [0, 0.05) is 35.6 Å². The van der Waals surface area contributed by atoms with Crippen LogP contribution in [0, 0.1) is 0 Å². The van der Waals surface area contributed by atoms with E-state index in [0.29, 0.717) is 16.6 Å². The van der Waals surface area contributed by atoms with Gasteiger partial charge in [-0.15, -0.1) is 5.10 Å². The number of carbonyl (C=O) groups excluding carboxylic acids is 1. The number of amides is 1. The number of rotatable bonds is 8. The van der Waals surface area contributed by atoms with Gasteiger partial charge >= 0.3 is 5.69 Å². The Balaban J connectivity index is 1.42. The zero-order chi connectivity index (χ0) is 22.0. The molecule has 1 fully saturated rings. The van der Waals surface area contributed by atoms with Gasteiger partial charge in [0.1, 0.15) is 5.75 Å². The number of nitrogens with one attached hydrogen (secondary N) is 1. The number of halogens is 1. The maximum atomic E-state index is 12.9. The van der Waals surface area contributed by atoms with Gasteiger partial charge in [0.25, 0.3) is 5.91 Å². The van der Waals surface area contributed by atoms with Crippen molar-refractivity contribution in [2.45, 2.75) is 44.9 Å². The lowest BCUT2D eigenvalue weighted by molar-refractivity contribution is -0.134. The zero-order valence-corrected chi connectivity index (χ0v) is 18.2. The number of hydrogen-bond donors (Lipinski definition) is 1. The lowest BCUT2D eigenvalue weighted by Crippen LogP contribution is -2.47. The summed E-state index contributed by atoms with van der Waals surface area (Å²) >= 11 is 5.89. The van der Waals surface area contributed by atoms with Crippen molar-refractivity contribution in [2.24, 2.45) is 0 Å². The minimum atomic E-state index is -1.09. The molecule has 31 heavy (non-hydrogen) atoms. The zero-order valence-electron chi connectivity index (χ0n) is 17.4. The van der Waals surface area contributed by atoms with Gasteiger partial charge in [-0.05, 0) is 63.1 Å². The van der Waals surface area contributed by atoms with E-state index in [1.807, 2.05) is 12.1 Å². The van der Waals surface area contributed by atoms with Crippen molar-refractivity contribution in [3.63, 3.8) is 0 Å². The Kier molecular flexibility index (Phi) is 5.82. The predicted molar refractivity (Wildman–Crippen MR) is 117 cm³/mol. The van der Waals surface area contributed by atoms with Gasteiger partial charge < -0.3 is 10.1 Å². The fourth-order valence-corrected chi connectivity index (χ4v) is 3.38. The van der Waals surface area contributed by atoms with Gasteiger partial charge in [-0.2, -0.15) is 0 Å². The fourth-order valence-electron chi connectivity index (χ4n) is 3.25. The molecule has 1 saturated carbocycles. The van der Waals surface area contributed by atoms with Crippen LogP contribution >= 0.6 is 11.6 Å². The molecule has 0 unspecified atom stereocenters. The van der Waals surface area contributed by atoms with Crippen molar-refractivity contribution in [1.29, 1.82) is 0 Å². The highest BCUT2D eigenvalue weighted by Gasteiger charge is 2.31. The van der Waals surface area contributed by atoms with E-state index in [2.05, 4.69) is 15.4 Å². The van der Waals surface area contributed by atoms with Crippen LogP contribution in [0.2, 0.25) is 5.02 Å². The van der Waals surface area contributed by atoms with Crippen LogP contribution in [-0.4, -0.2) is 37.4 Å². The van der Waals surface area contributed by atoms with Crippen molar-refractivity contribution in [3.05, 3.63) is 64.3 Å². The van der Waals surface area contributed by atoms with Crippen LogP contribution in [0.25, 0.3) is 11.4 Å². The molecule has 0 aliphatic heterocycles. The van der Waals surface area contributed by atoms with Gasteiger partial charge in [-0.3, -0.25) is 14.3 Å². The first-order chi connectivity index (χ1) is 14.8. The molecule has 0 atom stereocenters. The molecule has 0 bridgehead atoms. The monoisotopic (exact) mass is 441 g/mol. The molecule has 8 nitrogen and oxygen atoms in total. The molecule has 1 N–H and O–H groups in total. The van der Waals surface area contributed by atoms with Crippen molar-refractivity contribution >= 4 is 17.5 Å². The van der Waals surface area contributed by atoms with Crippen molar-refractivity contribution in [3.8, 4) is 17.1 Å². The molecule has 1 amide bonds. The Labute approximate surface area is 184 Å². The maximum absolute atomic E-state index is 12.9. The molecule has 3 aromatic rings. The van der Waals surface area contributed by atoms with E-state index in [1.165, 1.54) is 4.68 Å². The standard InChI is InChI=1S/C22H24ClN5O3/c1-22(2,31-18-9-5-16(23)6-10-18)20(29)25-12-13-27-21(30)28(17-7-8-17)19(26-27)15-4-3-11-24-14-15/h3-6,9-11,14,17H,7-8,12-13H2,1-2H3,(H,25,29). The molecule has 0 spiro atoms. The average Bonchev–Trinajstić information content (AvgIpc) is 3.54. The van der Waals surface area contributed by atoms with Gasteiger partial charge in [0.2, 0.25) is 0 Å². The van der Waals surface area contributed by atoms with E-state index in [0.717, 1.165) is 18.4 Å². The molecular formula is C22H24ClN5O3. The van der Waals surface area contributed by atoms with Crippen molar-refractivity contribution < 1.29 is 9.53 Å². The number of ether oxygens (including phenoxy) is 1. The number of benzene rings is 1. The van der Waals surface area contributed by atoms with Crippen LogP contribution in [0.5, 0.6) is 5.75 Å². The number of carbonyl (C=O) groups is 1. The summed E-state index contributed by atoms with van der Waals surface area (Å²) in [5.41, 5.74) is -0.466. The lowest BCUT2D eigenvalue weighted by atomic mass is 10.1. The third-order valence-corrected chi connectivity index (χ3v) is 5.30. The normalized spacial score (nSPS) is 13.8. The van der Waals surface area contributed by atoms with E-state index in [-0.39, 0.29) is 30.7 Å². The summed E-state index contributed by atoms with van der Waals surface area (Å²) < 4.78 is 8.93. The fraction of sp³-hybridized carbons (Fsp3) is 0.364. The summed E-state index contributed by atoms with van der Waals surface area (Å²) in [6.07, 6.45) is 5.31. The van der Waals surface area contributed by atoms with Crippen LogP contribution in [0.4, 0.5) is 0 Å². The molecule has 2 aromatic heterocycles. The van der Waals surface area contributed by atoms with E-state index in [1.54, 1.807) is 55.1 Å². The van der Waals surface area contributed by atoms with Gasteiger partial charge in [-0.25, -0.2) is 9.48 Å². The molecule has 1 aromatic carbocycles. The van der Waals surface area contributed by atoms with Crippen molar-refractivity contribution in [1.82, 2.24) is 24.6 Å². The third kappa shape index (κ3) is 4.80. The van der Waals surface area contributed by atoms with Crippen molar-refractivity contribution in [2.75, 3.05) is 6.54 Å². The first-order valence-corrected chi connectivity index (χ1v) is 10.6. The predicted octanol–water partition coefficient (Wildman–Crippen LogP) is 3.07. The van der Waals surface area contributed by atoms with E-state index >= 15 is 0 Å². The highest BCUT2D eigenvalue weighted by molar-refractivity contribution is 6.30. The molecule has 4 rings (SSSR count). The minimum absolute atomic E-state index is 0.174. The lowest BCUT2D eigenvalue weighted by Gasteiger charge is -2.25. The van der Waals surface area contributed by atoms with E-state index < -0.39 is 5.60 Å². The van der Waals surface area contributed by atoms with Gasteiger partial charge in [-0.1, -0.05) is 11.6 Å². The molecular weight excluding hydrogens is 418 g/mol. The summed E-state index contributed by atoms with van der Waals surface area (Å²) in [6, 6.07) is 10.7. The Morgan fingerprint density at radius 2 is 2.00 bits per heavy atom. The smallest absolute Gasteiger partial charge is 0.346 e. The molecule has 1 aliphatic carbocycles. The minimum Gasteiger partial charge on any atom is -0.478 e. The molecule has 1 aliphatic rings. The molecule has 0 saturated heterocycles. The number of nitrogens with zero attached hydrogens (tertiary/aromatic N) is 4. The number of pyridine rings is 1. The highest BCUT2D eigenvalue weighted by Crippen LogP contribution is 2.36. The summed E-state index contributed by atoms with van der Waals surface area (Å²) in [5.74, 6) is 0.869. The largest absolute Gasteiger partial charge is 0.478 e. The second-order valence-corrected chi connectivity index (χ2v) is 8.43. The summed E-state index contributed by atoms with van der Waals surface area (Å²) in [7, 11) is 0. The Morgan fingerprint density at radius 1 is 1.26 bits per heavy atom. The summed E-state index contributed by atoms with van der Waals surface area (Å²) in [6.45, 7) is 3.88. The van der Waals surface area contributed by atoms with Crippen LogP contribution in [0.1, 0.15) is 32.7 Å². The Morgan fingerprint density at radius 3 is 2.65 bits per heavy atom. The molecule has 0 radical (unpaired) electrons. The maximum Gasteiger partial charge on any atom is 0.346 e. The van der Waals surface area contributed by atoms with E-state index in [9.17, 15) is 9.59 Å². The first kappa shape index (κ1) is 21.1. The molecule has 2 heterocycles. The van der Waals surface area contributed by atoms with Crippen LogP contribution < -0.4 is 15.7 Å². The number of hydrogen-bond acceptors (Lipinski definition) is 5.